The summed E-state index contributed by atoms with van der Waals surface area (Å²) in [4.78, 5) is 0. The Morgan fingerprint density at radius 2 is 1.84 bits per heavy atom. The number of hydrogen-bond donors (Lipinski definition) is 1. The Balaban J connectivity index is 2.06. The topological polar surface area (TPSA) is 25.2 Å². The summed E-state index contributed by atoms with van der Waals surface area (Å²) in [6.07, 6.45) is 0. The van der Waals surface area contributed by atoms with Gasteiger partial charge in [0.25, 0.3) is 0 Å². The summed E-state index contributed by atoms with van der Waals surface area (Å²) < 4.78 is 5.90. The van der Waals surface area contributed by atoms with Crippen LogP contribution in [0.2, 0.25) is 0 Å². The maximum Gasteiger partial charge on any atom is 0.135 e. The second kappa shape index (κ2) is 4.90. The molecule has 0 saturated carbocycles. The van der Waals surface area contributed by atoms with E-state index >= 15 is 0 Å². The van der Waals surface area contributed by atoms with Crippen LogP contribution in [0, 0.1) is 0 Å². The molecule has 3 aromatic rings. The first-order valence-electron chi connectivity index (χ1n) is 6.54. The molecule has 1 atom stereocenters. The molecule has 0 aliphatic heterocycles. The maximum absolute atomic E-state index is 5.90. The van der Waals surface area contributed by atoms with Crippen LogP contribution in [-0.4, -0.2) is 7.05 Å². The van der Waals surface area contributed by atoms with Gasteiger partial charge in [0, 0.05) is 17.0 Å². The predicted molar refractivity (Wildman–Crippen MR) is 79.1 cm³/mol. The van der Waals surface area contributed by atoms with Gasteiger partial charge in [-0.1, -0.05) is 36.4 Å². The molecule has 0 aliphatic rings. The predicted octanol–water partition coefficient (Wildman–Crippen LogP) is 4.38. The van der Waals surface area contributed by atoms with Gasteiger partial charge >= 0.3 is 0 Å². The second-order valence-corrected chi connectivity index (χ2v) is 4.78. The van der Waals surface area contributed by atoms with E-state index in [9.17, 15) is 0 Å². The van der Waals surface area contributed by atoms with Crippen LogP contribution in [0.4, 0.5) is 0 Å². The average molecular weight is 251 g/mol. The quantitative estimate of drug-likeness (QED) is 0.747. The summed E-state index contributed by atoms with van der Waals surface area (Å²) in [5.41, 5.74) is 3.32. The Bertz CT molecular complexity index is 666. The zero-order chi connectivity index (χ0) is 13.2. The van der Waals surface area contributed by atoms with Gasteiger partial charge in [-0.15, -0.1) is 0 Å². The highest BCUT2D eigenvalue weighted by Gasteiger charge is 2.08. The lowest BCUT2D eigenvalue weighted by Crippen LogP contribution is -2.11. The van der Waals surface area contributed by atoms with Crippen LogP contribution in [0.1, 0.15) is 18.5 Å². The molecule has 1 unspecified atom stereocenters. The van der Waals surface area contributed by atoms with Gasteiger partial charge < -0.3 is 9.73 Å². The van der Waals surface area contributed by atoms with Crippen LogP contribution in [0.15, 0.2) is 59.0 Å². The molecule has 96 valence electrons. The molecule has 2 nitrogen and oxygen atoms in total. The summed E-state index contributed by atoms with van der Waals surface area (Å²) in [5.74, 6) is 0.923. The van der Waals surface area contributed by atoms with Crippen molar-refractivity contribution in [3.63, 3.8) is 0 Å². The first-order valence-corrected chi connectivity index (χ1v) is 6.54. The third-order valence-corrected chi connectivity index (χ3v) is 3.53. The average Bonchev–Trinajstić information content (AvgIpc) is 2.90. The Morgan fingerprint density at radius 1 is 1.00 bits per heavy atom. The molecule has 0 aliphatic carbocycles. The van der Waals surface area contributed by atoms with Crippen molar-refractivity contribution < 1.29 is 4.42 Å². The Kier molecular flexibility index (Phi) is 3.10. The molecule has 1 N–H and O–H groups in total. The van der Waals surface area contributed by atoms with Gasteiger partial charge in [0.1, 0.15) is 11.3 Å². The van der Waals surface area contributed by atoms with Crippen LogP contribution >= 0.6 is 0 Å². The molecular weight excluding hydrogens is 234 g/mol. The van der Waals surface area contributed by atoms with Gasteiger partial charge in [-0.3, -0.25) is 0 Å². The van der Waals surface area contributed by atoms with Gasteiger partial charge in [0.05, 0.1) is 0 Å². The zero-order valence-electron chi connectivity index (χ0n) is 11.2. The van der Waals surface area contributed by atoms with E-state index in [-0.39, 0.29) is 0 Å². The van der Waals surface area contributed by atoms with Gasteiger partial charge in [-0.25, -0.2) is 0 Å². The fourth-order valence-electron chi connectivity index (χ4n) is 2.25. The largest absolute Gasteiger partial charge is 0.456 e. The number of nitrogens with one attached hydrogen (secondary N) is 1. The van der Waals surface area contributed by atoms with Crippen LogP contribution in [0.25, 0.3) is 22.3 Å². The van der Waals surface area contributed by atoms with E-state index in [2.05, 4.69) is 48.6 Å². The standard InChI is InChI=1S/C17H17NO/c1-12(18-2)13-7-5-8-14(10-13)17-11-15-6-3-4-9-16(15)19-17/h3-12,18H,1-2H3. The van der Waals surface area contributed by atoms with Gasteiger partial charge in [0.2, 0.25) is 0 Å². The number of benzene rings is 2. The molecule has 0 radical (unpaired) electrons. The molecule has 0 saturated heterocycles. The molecule has 0 fully saturated rings. The highest BCUT2D eigenvalue weighted by molar-refractivity contribution is 5.82. The minimum Gasteiger partial charge on any atom is -0.456 e. The SMILES string of the molecule is CNC(C)c1cccc(-c2cc3ccccc3o2)c1. The molecule has 0 spiro atoms. The number of hydrogen-bond acceptors (Lipinski definition) is 2. The van der Waals surface area contributed by atoms with E-state index in [1.165, 1.54) is 5.56 Å². The molecule has 2 aromatic carbocycles. The highest BCUT2D eigenvalue weighted by atomic mass is 16.3. The smallest absolute Gasteiger partial charge is 0.135 e. The van der Waals surface area contributed by atoms with Crippen molar-refractivity contribution in [3.8, 4) is 11.3 Å². The molecule has 0 bridgehead atoms. The lowest BCUT2D eigenvalue weighted by molar-refractivity contribution is 0.629. The Labute approximate surface area is 113 Å². The summed E-state index contributed by atoms with van der Waals surface area (Å²) in [6.45, 7) is 2.15. The van der Waals surface area contributed by atoms with Crippen molar-refractivity contribution >= 4 is 11.0 Å². The Hall–Kier alpha value is -2.06. The van der Waals surface area contributed by atoms with E-state index in [4.69, 9.17) is 4.42 Å². The monoisotopic (exact) mass is 251 g/mol. The molecule has 1 aromatic heterocycles. The molecular formula is C17H17NO. The fourth-order valence-corrected chi connectivity index (χ4v) is 2.25. The first-order chi connectivity index (χ1) is 9.28. The lowest BCUT2D eigenvalue weighted by atomic mass is 10.0. The van der Waals surface area contributed by atoms with Crippen molar-refractivity contribution in [2.45, 2.75) is 13.0 Å². The van der Waals surface area contributed by atoms with Crippen molar-refractivity contribution in [2.75, 3.05) is 7.05 Å². The number of furan rings is 1. The van der Waals surface area contributed by atoms with Crippen molar-refractivity contribution in [1.82, 2.24) is 5.32 Å². The van der Waals surface area contributed by atoms with Crippen LogP contribution in [-0.2, 0) is 0 Å². The number of para-hydroxylation sites is 1. The summed E-state index contributed by atoms with van der Waals surface area (Å²) in [6, 6.07) is 19.0. The fraction of sp³-hybridized carbons (Fsp3) is 0.176. The zero-order valence-corrected chi connectivity index (χ0v) is 11.2. The molecule has 19 heavy (non-hydrogen) atoms. The minimum atomic E-state index is 0.337. The summed E-state index contributed by atoms with van der Waals surface area (Å²) in [7, 11) is 1.97. The van der Waals surface area contributed by atoms with Crippen molar-refractivity contribution in [3.05, 3.63) is 60.2 Å². The minimum absolute atomic E-state index is 0.337. The normalized spacial score (nSPS) is 12.7. The molecule has 0 amide bonds. The number of fused-ring (bicyclic) bond motifs is 1. The molecule has 1 heterocycles. The van der Waals surface area contributed by atoms with E-state index < -0.39 is 0 Å². The van der Waals surface area contributed by atoms with E-state index in [0.717, 1.165) is 22.3 Å². The van der Waals surface area contributed by atoms with Crippen LogP contribution < -0.4 is 5.32 Å². The van der Waals surface area contributed by atoms with E-state index in [1.54, 1.807) is 0 Å². The second-order valence-electron chi connectivity index (χ2n) is 4.78. The summed E-state index contributed by atoms with van der Waals surface area (Å²) >= 11 is 0. The maximum atomic E-state index is 5.90. The van der Waals surface area contributed by atoms with E-state index in [0.29, 0.717) is 6.04 Å². The van der Waals surface area contributed by atoms with Crippen molar-refractivity contribution in [2.24, 2.45) is 0 Å². The Morgan fingerprint density at radius 3 is 2.63 bits per heavy atom. The van der Waals surface area contributed by atoms with Crippen LogP contribution in [0.5, 0.6) is 0 Å². The van der Waals surface area contributed by atoms with Gasteiger partial charge in [-0.2, -0.15) is 0 Å². The molecule has 2 heteroatoms. The first kappa shape index (κ1) is 12.0. The molecule has 3 rings (SSSR count). The summed E-state index contributed by atoms with van der Waals surface area (Å²) in [5, 5.41) is 4.40. The highest BCUT2D eigenvalue weighted by Crippen LogP contribution is 2.29. The third-order valence-electron chi connectivity index (χ3n) is 3.53. The lowest BCUT2D eigenvalue weighted by Gasteiger charge is -2.11. The van der Waals surface area contributed by atoms with E-state index in [1.807, 2.05) is 25.2 Å². The van der Waals surface area contributed by atoms with Crippen molar-refractivity contribution in [1.29, 1.82) is 0 Å². The van der Waals surface area contributed by atoms with Gasteiger partial charge in [-0.05, 0) is 37.7 Å². The third kappa shape index (κ3) is 2.27. The van der Waals surface area contributed by atoms with Crippen LogP contribution in [0.3, 0.4) is 0 Å². The number of rotatable bonds is 3. The van der Waals surface area contributed by atoms with Gasteiger partial charge in [0.15, 0.2) is 0 Å².